The summed E-state index contributed by atoms with van der Waals surface area (Å²) in [5, 5.41) is 0. The van der Waals surface area contributed by atoms with Crippen molar-refractivity contribution in [2.24, 2.45) is 5.92 Å². The molecule has 0 unspecified atom stereocenters. The second-order valence-electron chi connectivity index (χ2n) is 6.72. The van der Waals surface area contributed by atoms with Crippen molar-refractivity contribution in [1.29, 1.82) is 0 Å². The van der Waals surface area contributed by atoms with Gasteiger partial charge in [0.1, 0.15) is 17.4 Å². The minimum Gasteiger partial charge on any atom is -0.494 e. The summed E-state index contributed by atoms with van der Waals surface area (Å²) in [6.07, 6.45) is 1.31. The first kappa shape index (κ1) is 20.3. The van der Waals surface area contributed by atoms with Gasteiger partial charge in [0.05, 0.1) is 25.4 Å². The molecule has 2 aromatic carbocycles. The summed E-state index contributed by atoms with van der Waals surface area (Å²) >= 11 is 0. The van der Waals surface area contributed by atoms with Gasteiger partial charge in [0.2, 0.25) is 0 Å². The quantitative estimate of drug-likeness (QED) is 0.659. The number of hydrogen-bond acceptors (Lipinski definition) is 3. The maximum atomic E-state index is 14.5. The molecule has 1 fully saturated rings. The predicted octanol–water partition coefficient (Wildman–Crippen LogP) is 5.23. The summed E-state index contributed by atoms with van der Waals surface area (Å²) in [6, 6.07) is 9.50. The molecule has 0 atom stereocenters. The summed E-state index contributed by atoms with van der Waals surface area (Å²) in [5.41, 5.74) is 0.709. The van der Waals surface area contributed by atoms with Gasteiger partial charge in [-0.1, -0.05) is 25.2 Å². The van der Waals surface area contributed by atoms with Crippen molar-refractivity contribution in [3.63, 3.8) is 0 Å². The highest BCUT2D eigenvalue weighted by atomic mass is 19.1. The monoisotopic (exact) mass is 386 g/mol. The highest BCUT2D eigenvalue weighted by molar-refractivity contribution is 5.46. The molecule has 0 N–H and O–H groups in total. The average Bonchev–Trinajstić information content (AvgIpc) is 2.69. The van der Waals surface area contributed by atoms with Crippen molar-refractivity contribution in [1.82, 2.24) is 0 Å². The van der Waals surface area contributed by atoms with Crippen molar-refractivity contribution < 1.29 is 23.0 Å². The number of hydrogen-bond donors (Lipinski definition) is 0. The van der Waals surface area contributed by atoms with Crippen molar-refractivity contribution in [2.75, 3.05) is 19.8 Å². The molecule has 0 spiro atoms. The summed E-state index contributed by atoms with van der Waals surface area (Å²) in [4.78, 5) is 0. The van der Waals surface area contributed by atoms with Crippen molar-refractivity contribution in [3.05, 3.63) is 64.7 Å². The van der Waals surface area contributed by atoms with Crippen LogP contribution in [0.1, 0.15) is 49.7 Å². The average molecular weight is 386 g/mol. The van der Waals surface area contributed by atoms with Crippen molar-refractivity contribution in [2.45, 2.75) is 33.0 Å². The molecule has 148 valence electrons. The van der Waals surface area contributed by atoms with Crippen LogP contribution in [0, 0.1) is 29.4 Å². The van der Waals surface area contributed by atoms with E-state index in [1.54, 1.807) is 24.3 Å². The molecule has 0 bridgehead atoms. The van der Waals surface area contributed by atoms with E-state index >= 15 is 0 Å². The summed E-state index contributed by atoms with van der Waals surface area (Å²) < 4.78 is 45.5. The Morgan fingerprint density at radius 1 is 1.00 bits per heavy atom. The minimum absolute atomic E-state index is 0.266. The first-order valence-electron chi connectivity index (χ1n) is 9.57. The third kappa shape index (κ3) is 5.09. The van der Waals surface area contributed by atoms with Gasteiger partial charge in [-0.05, 0) is 49.7 Å². The molecule has 28 heavy (non-hydrogen) atoms. The minimum atomic E-state index is -0.745. The first-order chi connectivity index (χ1) is 13.6. The van der Waals surface area contributed by atoms with Crippen LogP contribution in [0.5, 0.6) is 5.75 Å². The van der Waals surface area contributed by atoms with Gasteiger partial charge in [-0.3, -0.25) is 0 Å². The van der Waals surface area contributed by atoms with Crippen LogP contribution in [-0.4, -0.2) is 19.8 Å². The fraction of sp³-hybridized carbons (Fsp3) is 0.391. The lowest BCUT2D eigenvalue weighted by Gasteiger charge is -2.29. The lowest BCUT2D eigenvalue weighted by atomic mass is 10.0. The smallest absolute Gasteiger partial charge is 0.184 e. The first-order valence-corrected chi connectivity index (χ1v) is 9.57. The van der Waals surface area contributed by atoms with Crippen LogP contribution in [0.25, 0.3) is 0 Å². The molecule has 3 rings (SSSR count). The van der Waals surface area contributed by atoms with Gasteiger partial charge in [-0.25, -0.2) is 8.78 Å². The third-order valence-corrected chi connectivity index (χ3v) is 4.50. The highest BCUT2D eigenvalue weighted by Crippen LogP contribution is 2.29. The van der Waals surface area contributed by atoms with Crippen LogP contribution in [0.15, 0.2) is 36.4 Å². The number of benzene rings is 2. The van der Waals surface area contributed by atoms with E-state index in [1.165, 1.54) is 12.1 Å². The van der Waals surface area contributed by atoms with Crippen LogP contribution in [-0.2, 0) is 9.47 Å². The molecule has 3 nitrogen and oxygen atoms in total. The molecule has 0 saturated carbocycles. The van der Waals surface area contributed by atoms with Crippen LogP contribution in [0.4, 0.5) is 8.78 Å². The Hall–Kier alpha value is -2.42. The van der Waals surface area contributed by atoms with Gasteiger partial charge in [0.25, 0.3) is 0 Å². The highest BCUT2D eigenvalue weighted by Gasteiger charge is 2.24. The largest absolute Gasteiger partial charge is 0.494 e. The Bertz CT molecular complexity index is 821. The van der Waals surface area contributed by atoms with E-state index in [4.69, 9.17) is 14.2 Å². The molecule has 1 aliphatic rings. The normalized spacial score (nSPS) is 19.0. The van der Waals surface area contributed by atoms with Gasteiger partial charge < -0.3 is 14.2 Å². The van der Waals surface area contributed by atoms with Gasteiger partial charge in [0, 0.05) is 17.0 Å². The van der Waals surface area contributed by atoms with Crippen molar-refractivity contribution >= 4 is 0 Å². The van der Waals surface area contributed by atoms with Gasteiger partial charge >= 0.3 is 0 Å². The van der Waals surface area contributed by atoms with Gasteiger partial charge in [-0.2, -0.15) is 0 Å². The zero-order valence-corrected chi connectivity index (χ0v) is 16.1. The molecule has 1 heterocycles. The molecule has 2 aromatic rings. The van der Waals surface area contributed by atoms with Crippen molar-refractivity contribution in [3.8, 4) is 17.6 Å². The summed E-state index contributed by atoms with van der Waals surface area (Å²) in [7, 11) is 0. The van der Waals surface area contributed by atoms with Gasteiger partial charge in [-0.15, -0.1) is 0 Å². The van der Waals surface area contributed by atoms with Crippen LogP contribution < -0.4 is 4.74 Å². The molecule has 0 aromatic heterocycles. The lowest BCUT2D eigenvalue weighted by molar-refractivity contribution is -0.206. The molecule has 1 saturated heterocycles. The zero-order chi connectivity index (χ0) is 19.9. The van der Waals surface area contributed by atoms with E-state index in [0.29, 0.717) is 36.9 Å². The number of halogens is 2. The molecular formula is C23H24F2O3. The SMILES string of the molecule is CCC[C@H]1CO[C@H](c2cc(F)c(C#Cc3ccc(OCC)cc3)c(F)c2)OC1. The molecule has 0 aliphatic carbocycles. The second kappa shape index (κ2) is 9.68. The maximum Gasteiger partial charge on any atom is 0.184 e. The Labute approximate surface area is 164 Å². The van der Waals surface area contributed by atoms with E-state index in [2.05, 4.69) is 18.8 Å². The van der Waals surface area contributed by atoms with E-state index in [9.17, 15) is 8.78 Å². The Morgan fingerprint density at radius 3 is 2.21 bits per heavy atom. The van der Waals surface area contributed by atoms with Crippen LogP contribution in [0.3, 0.4) is 0 Å². The third-order valence-electron chi connectivity index (χ3n) is 4.50. The van der Waals surface area contributed by atoms with Gasteiger partial charge in [0.15, 0.2) is 6.29 Å². The Morgan fingerprint density at radius 2 is 1.64 bits per heavy atom. The van der Waals surface area contributed by atoms with Crippen LogP contribution in [0.2, 0.25) is 0 Å². The fourth-order valence-corrected chi connectivity index (χ4v) is 3.09. The molecule has 0 radical (unpaired) electrons. The molecule has 5 heteroatoms. The number of ether oxygens (including phenoxy) is 3. The van der Waals surface area contributed by atoms with E-state index in [0.717, 1.165) is 18.6 Å². The number of rotatable bonds is 5. The van der Waals surface area contributed by atoms with E-state index in [1.807, 2.05) is 6.92 Å². The standard InChI is InChI=1S/C23H24F2O3/c1-3-5-17-14-27-23(28-15-17)18-12-21(24)20(22(25)13-18)11-8-16-6-9-19(10-7-16)26-4-2/h6-7,9-10,12-13,17,23H,3-5,14-15H2,1-2H3/t17-,23-. The summed E-state index contributed by atoms with van der Waals surface area (Å²) in [6.45, 7) is 5.63. The Kier molecular flexibility index (Phi) is 7.02. The lowest BCUT2D eigenvalue weighted by Crippen LogP contribution is -2.27. The molecular weight excluding hydrogens is 362 g/mol. The zero-order valence-electron chi connectivity index (χ0n) is 16.1. The fourth-order valence-electron chi connectivity index (χ4n) is 3.09. The molecule has 0 amide bonds. The van der Waals surface area contributed by atoms with E-state index in [-0.39, 0.29) is 5.56 Å². The Balaban J connectivity index is 1.72. The molecule has 1 aliphatic heterocycles. The topological polar surface area (TPSA) is 27.7 Å². The van der Waals surface area contributed by atoms with E-state index < -0.39 is 17.9 Å². The summed E-state index contributed by atoms with van der Waals surface area (Å²) in [5.74, 6) is 4.97. The second-order valence-corrected chi connectivity index (χ2v) is 6.72. The van der Waals surface area contributed by atoms with Crippen LogP contribution >= 0.6 is 0 Å². The maximum absolute atomic E-state index is 14.5. The predicted molar refractivity (Wildman–Crippen MR) is 103 cm³/mol.